The second-order valence-corrected chi connectivity index (χ2v) is 3.22. The molecule has 0 aliphatic carbocycles. The number of aromatic hydroxyl groups is 2. The third-order valence-electron chi connectivity index (χ3n) is 1.83. The Morgan fingerprint density at radius 1 is 1.25 bits per heavy atom. The van der Waals surface area contributed by atoms with E-state index in [-0.39, 0.29) is 11.5 Å². The molecule has 0 atom stereocenters. The maximum absolute atomic E-state index is 9.15. The molecule has 62 valence electrons. The van der Waals surface area contributed by atoms with Crippen molar-refractivity contribution in [1.29, 1.82) is 0 Å². The first-order valence-electron chi connectivity index (χ1n) is 3.51. The van der Waals surface area contributed by atoms with E-state index in [1.807, 2.05) is 0 Å². The summed E-state index contributed by atoms with van der Waals surface area (Å²) in [6.07, 6.45) is 0.637. The van der Waals surface area contributed by atoms with Crippen LogP contribution in [0.5, 0.6) is 11.5 Å². The minimum Gasteiger partial charge on any atom is -0.504 e. The smallest absolute Gasteiger partial charge is 0.159 e. The van der Waals surface area contributed by atoms with E-state index in [0.29, 0.717) is 6.42 Å². The normalized spacial score (nSPS) is 14.2. The molecular formula is C8H7NO2S. The van der Waals surface area contributed by atoms with Crippen molar-refractivity contribution in [1.82, 2.24) is 0 Å². The Morgan fingerprint density at radius 2 is 1.92 bits per heavy atom. The molecule has 0 unspecified atom stereocenters. The summed E-state index contributed by atoms with van der Waals surface area (Å²) in [6, 6.07) is 3.00. The Bertz CT molecular complexity index is 329. The molecule has 1 aromatic carbocycles. The molecule has 0 amide bonds. The van der Waals surface area contributed by atoms with E-state index < -0.39 is 0 Å². The molecule has 4 heteroatoms. The lowest BCUT2D eigenvalue weighted by atomic mass is 10.1. The fourth-order valence-corrected chi connectivity index (χ4v) is 1.52. The molecule has 3 nitrogen and oxygen atoms in total. The first-order valence-corrected chi connectivity index (χ1v) is 3.92. The monoisotopic (exact) mass is 181 g/mol. The highest BCUT2D eigenvalue weighted by Crippen LogP contribution is 2.34. The van der Waals surface area contributed by atoms with Crippen LogP contribution in [0.1, 0.15) is 5.56 Å². The van der Waals surface area contributed by atoms with Crippen LogP contribution in [-0.2, 0) is 6.42 Å². The van der Waals surface area contributed by atoms with Gasteiger partial charge in [0.1, 0.15) is 0 Å². The first-order chi connectivity index (χ1) is 5.66. The van der Waals surface area contributed by atoms with E-state index in [9.17, 15) is 0 Å². The van der Waals surface area contributed by atoms with Gasteiger partial charge in [-0.05, 0) is 11.6 Å². The van der Waals surface area contributed by atoms with Crippen LogP contribution in [0.15, 0.2) is 12.1 Å². The summed E-state index contributed by atoms with van der Waals surface area (Å²) in [5.74, 6) is -0.216. The highest BCUT2D eigenvalue weighted by atomic mass is 32.1. The number of rotatable bonds is 0. The van der Waals surface area contributed by atoms with E-state index in [1.54, 1.807) is 0 Å². The molecule has 2 rings (SSSR count). The first kappa shape index (κ1) is 7.36. The maximum atomic E-state index is 9.15. The summed E-state index contributed by atoms with van der Waals surface area (Å²) < 4.78 is 0. The summed E-state index contributed by atoms with van der Waals surface area (Å²) in [7, 11) is 0. The van der Waals surface area contributed by atoms with Crippen molar-refractivity contribution in [2.75, 3.05) is 5.32 Å². The Hall–Kier alpha value is -1.29. The number of anilines is 1. The van der Waals surface area contributed by atoms with Gasteiger partial charge >= 0.3 is 0 Å². The highest BCUT2D eigenvalue weighted by molar-refractivity contribution is 7.80. The summed E-state index contributed by atoms with van der Waals surface area (Å²) in [4.78, 5) is 0.718. The quantitative estimate of drug-likeness (QED) is 0.321. The number of thiocarbonyl (C=S) groups is 1. The molecule has 12 heavy (non-hydrogen) atoms. The van der Waals surface area contributed by atoms with Gasteiger partial charge < -0.3 is 15.5 Å². The van der Waals surface area contributed by atoms with E-state index in [2.05, 4.69) is 5.32 Å². The molecule has 0 radical (unpaired) electrons. The predicted octanol–water partition coefficient (Wildman–Crippen LogP) is 1.39. The number of nitrogens with one attached hydrogen (secondary N) is 1. The molecule has 1 aliphatic rings. The number of fused-ring (bicyclic) bond motifs is 1. The van der Waals surface area contributed by atoms with Gasteiger partial charge in [-0.2, -0.15) is 0 Å². The average molecular weight is 181 g/mol. The van der Waals surface area contributed by atoms with Gasteiger partial charge in [-0.3, -0.25) is 0 Å². The molecule has 0 saturated heterocycles. The molecule has 0 saturated carbocycles. The van der Waals surface area contributed by atoms with E-state index >= 15 is 0 Å². The number of hydrogen-bond acceptors (Lipinski definition) is 3. The zero-order valence-corrected chi connectivity index (χ0v) is 6.98. The lowest BCUT2D eigenvalue weighted by Crippen LogP contribution is -2.00. The topological polar surface area (TPSA) is 52.5 Å². The second-order valence-electron chi connectivity index (χ2n) is 2.72. The minimum absolute atomic E-state index is 0.0970. The molecule has 0 aromatic heterocycles. The summed E-state index contributed by atoms with van der Waals surface area (Å²) in [6.45, 7) is 0. The fraction of sp³-hybridized carbons (Fsp3) is 0.125. The Morgan fingerprint density at radius 3 is 2.67 bits per heavy atom. The number of phenols is 2. The van der Waals surface area contributed by atoms with Crippen LogP contribution in [0.3, 0.4) is 0 Å². The van der Waals surface area contributed by atoms with Crippen LogP contribution in [0, 0.1) is 0 Å². The lowest BCUT2D eigenvalue weighted by molar-refractivity contribution is 0.403. The van der Waals surface area contributed by atoms with E-state index in [0.717, 1.165) is 16.2 Å². The van der Waals surface area contributed by atoms with Gasteiger partial charge in [0, 0.05) is 18.2 Å². The van der Waals surface area contributed by atoms with E-state index in [1.165, 1.54) is 12.1 Å². The van der Waals surface area contributed by atoms with Crippen LogP contribution in [0.4, 0.5) is 5.69 Å². The summed E-state index contributed by atoms with van der Waals surface area (Å²) in [5, 5.41) is 21.2. The molecule has 1 aliphatic heterocycles. The van der Waals surface area contributed by atoms with Gasteiger partial charge in [0.25, 0.3) is 0 Å². The fourth-order valence-electron chi connectivity index (χ4n) is 1.25. The van der Waals surface area contributed by atoms with Gasteiger partial charge in [0.05, 0.1) is 4.99 Å². The van der Waals surface area contributed by atoms with Crippen molar-refractivity contribution in [3.63, 3.8) is 0 Å². The van der Waals surface area contributed by atoms with Gasteiger partial charge in [-0.25, -0.2) is 0 Å². The zero-order valence-electron chi connectivity index (χ0n) is 6.16. The van der Waals surface area contributed by atoms with E-state index in [4.69, 9.17) is 22.4 Å². The van der Waals surface area contributed by atoms with Crippen molar-refractivity contribution in [3.05, 3.63) is 17.7 Å². The van der Waals surface area contributed by atoms with Crippen molar-refractivity contribution in [3.8, 4) is 11.5 Å². The molecular weight excluding hydrogens is 174 g/mol. The van der Waals surface area contributed by atoms with Crippen LogP contribution in [-0.4, -0.2) is 15.2 Å². The predicted molar refractivity (Wildman–Crippen MR) is 49.7 cm³/mol. The average Bonchev–Trinajstić information content (AvgIpc) is 2.30. The molecule has 0 bridgehead atoms. The highest BCUT2D eigenvalue weighted by Gasteiger charge is 2.16. The summed E-state index contributed by atoms with van der Waals surface area (Å²) >= 11 is 4.94. The van der Waals surface area contributed by atoms with Crippen molar-refractivity contribution >= 4 is 22.9 Å². The Balaban J connectivity index is 2.55. The largest absolute Gasteiger partial charge is 0.504 e. The number of phenolic OH excluding ortho intramolecular Hbond substituents is 2. The maximum Gasteiger partial charge on any atom is 0.159 e. The SMILES string of the molecule is Oc1cc2c(cc1O)NC(=S)C2. The Kier molecular flexibility index (Phi) is 1.44. The molecule has 1 aromatic rings. The van der Waals surface area contributed by atoms with Gasteiger partial charge in [-0.1, -0.05) is 12.2 Å². The molecule has 3 N–H and O–H groups in total. The van der Waals surface area contributed by atoms with Crippen LogP contribution in [0.25, 0.3) is 0 Å². The van der Waals surface area contributed by atoms with Crippen LogP contribution in [0.2, 0.25) is 0 Å². The Labute approximate surface area is 74.7 Å². The molecule has 0 fully saturated rings. The van der Waals surface area contributed by atoms with Gasteiger partial charge in [0.15, 0.2) is 11.5 Å². The third-order valence-corrected chi connectivity index (χ3v) is 2.07. The second kappa shape index (κ2) is 2.35. The third kappa shape index (κ3) is 1.00. The standard InChI is InChI=1S/C8H7NO2S/c10-6-1-4-2-8(12)9-5(4)3-7(6)11/h1,3,10-11H,2H2,(H,9,12). The van der Waals surface area contributed by atoms with Gasteiger partial charge in [-0.15, -0.1) is 0 Å². The number of benzene rings is 1. The summed E-state index contributed by atoms with van der Waals surface area (Å²) in [5.41, 5.74) is 1.71. The van der Waals surface area contributed by atoms with Crippen molar-refractivity contribution in [2.24, 2.45) is 0 Å². The molecule has 1 heterocycles. The lowest BCUT2D eigenvalue weighted by Gasteiger charge is -2.01. The zero-order chi connectivity index (χ0) is 8.72. The van der Waals surface area contributed by atoms with Crippen LogP contribution >= 0.6 is 12.2 Å². The minimum atomic E-state index is -0.119. The molecule has 0 spiro atoms. The van der Waals surface area contributed by atoms with Gasteiger partial charge in [0.2, 0.25) is 0 Å². The number of hydrogen-bond donors (Lipinski definition) is 3. The van der Waals surface area contributed by atoms with Crippen molar-refractivity contribution < 1.29 is 10.2 Å². The van der Waals surface area contributed by atoms with Crippen molar-refractivity contribution in [2.45, 2.75) is 6.42 Å². The van der Waals surface area contributed by atoms with Crippen LogP contribution < -0.4 is 5.32 Å².